The number of aromatic nitrogens is 2. The molecular formula is C35H26N3OPt-. The number of nitrogens with zero attached hydrogens (tertiary/aromatic N) is 3. The molecule has 6 rings (SSSR count). The van der Waals surface area contributed by atoms with Gasteiger partial charge in [0.2, 0.25) is 0 Å². The van der Waals surface area contributed by atoms with E-state index in [-0.39, 0.29) is 26.8 Å². The van der Waals surface area contributed by atoms with E-state index in [2.05, 4.69) is 40.2 Å². The first-order valence-electron chi connectivity index (χ1n) is 12.9. The number of para-hydroxylation sites is 1. The number of anilines is 3. The van der Waals surface area contributed by atoms with Crippen molar-refractivity contribution in [3.63, 3.8) is 0 Å². The Labute approximate surface area is 248 Å². The molecule has 2 aromatic heterocycles. The van der Waals surface area contributed by atoms with Crippen LogP contribution in [-0.2, 0) is 27.5 Å². The first kappa shape index (κ1) is 27.1. The van der Waals surface area contributed by atoms with Gasteiger partial charge in [-0.2, -0.15) is 0 Å². The van der Waals surface area contributed by atoms with Crippen molar-refractivity contribution < 1.29 is 26.2 Å². The Bertz CT molecular complexity index is 1650. The van der Waals surface area contributed by atoms with E-state index in [1.165, 1.54) is 5.56 Å². The number of rotatable bonds is 7. The number of phenolic OH excluding ortho intramolecular Hbond substituents is 1. The summed E-state index contributed by atoms with van der Waals surface area (Å²) in [6.07, 6.45) is 2.55. The molecule has 0 bridgehead atoms. The van der Waals surface area contributed by atoms with Crippen molar-refractivity contribution in [1.29, 1.82) is 0 Å². The van der Waals surface area contributed by atoms with Gasteiger partial charge in [-0.15, -0.1) is 29.8 Å². The van der Waals surface area contributed by atoms with Gasteiger partial charge in [0.25, 0.3) is 0 Å². The number of phenols is 1. The molecule has 0 spiro atoms. The second kappa shape index (κ2) is 12.5. The second-order valence-corrected chi connectivity index (χ2v) is 9.23. The van der Waals surface area contributed by atoms with Gasteiger partial charge in [0, 0.05) is 38.5 Å². The molecule has 0 aliphatic heterocycles. The number of hydrogen-bond donors (Lipinski definition) is 1. The minimum atomic E-state index is 0. The summed E-state index contributed by atoms with van der Waals surface area (Å²) in [6, 6.07) is 47.5. The molecule has 6 aromatic rings. The number of pyridine rings is 2. The molecular weight excluding hydrogens is 673 g/mol. The van der Waals surface area contributed by atoms with Crippen LogP contribution in [0, 0.1) is 6.07 Å². The Balaban J connectivity index is 0.00000323. The van der Waals surface area contributed by atoms with Crippen molar-refractivity contribution in [3.05, 3.63) is 157 Å². The van der Waals surface area contributed by atoms with Crippen molar-refractivity contribution >= 4 is 17.2 Å². The van der Waals surface area contributed by atoms with Crippen molar-refractivity contribution in [3.8, 4) is 28.3 Å². The summed E-state index contributed by atoms with van der Waals surface area (Å²) in [5.41, 5.74) is 7.14. The summed E-state index contributed by atoms with van der Waals surface area (Å²) in [6.45, 7) is 0. The van der Waals surface area contributed by atoms with Crippen LogP contribution >= 0.6 is 0 Å². The van der Waals surface area contributed by atoms with Crippen molar-refractivity contribution in [1.82, 2.24) is 9.97 Å². The van der Waals surface area contributed by atoms with Gasteiger partial charge in [-0.25, -0.2) is 4.98 Å². The van der Waals surface area contributed by atoms with E-state index < -0.39 is 0 Å². The fraction of sp³-hybridized carbons (Fsp3) is 0.0286. The maximum absolute atomic E-state index is 10.9. The molecule has 0 fully saturated rings. The summed E-state index contributed by atoms with van der Waals surface area (Å²) >= 11 is 0. The van der Waals surface area contributed by atoms with E-state index in [1.54, 1.807) is 6.20 Å². The molecule has 4 aromatic carbocycles. The zero-order valence-corrected chi connectivity index (χ0v) is 23.9. The van der Waals surface area contributed by atoms with Crippen LogP contribution in [-0.4, -0.2) is 15.1 Å². The third-order valence-corrected chi connectivity index (χ3v) is 6.53. The SMILES string of the molecule is Oc1cc(Cc2ccccc2)ccc1-c1cccc(-c2[c-]c(N(c3ccccc3)c3ccccn3)ccc2)n1.[Pt]. The maximum Gasteiger partial charge on any atom is 0.136 e. The zero-order valence-electron chi connectivity index (χ0n) is 21.6. The first-order valence-corrected chi connectivity index (χ1v) is 12.9. The predicted octanol–water partition coefficient (Wildman–Crippen LogP) is 8.37. The Morgan fingerprint density at radius 1 is 0.650 bits per heavy atom. The number of hydrogen-bond acceptors (Lipinski definition) is 4. The van der Waals surface area contributed by atoms with Gasteiger partial charge in [-0.3, -0.25) is 4.98 Å². The molecule has 0 amide bonds. The standard InChI is InChI=1S/C35H26N3O.Pt/c39-34-24-27(23-26-11-3-1-4-12-26)20-21-31(34)33-18-10-17-32(37-33)28-13-9-16-30(25-28)38(29-14-5-2-6-15-29)35-19-7-8-22-36-35;/h1-22,24,39H,23H2;/q-1;. The van der Waals surface area contributed by atoms with Crippen LogP contribution in [0.4, 0.5) is 17.2 Å². The zero-order chi connectivity index (χ0) is 26.4. The topological polar surface area (TPSA) is 49.2 Å². The Hall–Kier alpha value is -4.53. The summed E-state index contributed by atoms with van der Waals surface area (Å²) < 4.78 is 0. The predicted molar refractivity (Wildman–Crippen MR) is 157 cm³/mol. The van der Waals surface area contributed by atoms with Gasteiger partial charge in [0.05, 0.1) is 5.69 Å². The molecule has 0 aliphatic carbocycles. The maximum atomic E-state index is 10.9. The Morgan fingerprint density at radius 3 is 2.12 bits per heavy atom. The fourth-order valence-corrected chi connectivity index (χ4v) is 4.66. The van der Waals surface area contributed by atoms with Gasteiger partial charge in [-0.05, 0) is 71.4 Å². The van der Waals surface area contributed by atoms with Crippen LogP contribution in [0.3, 0.4) is 0 Å². The van der Waals surface area contributed by atoms with Crippen LogP contribution in [0.1, 0.15) is 11.1 Å². The van der Waals surface area contributed by atoms with Crippen LogP contribution < -0.4 is 4.90 Å². The van der Waals surface area contributed by atoms with Gasteiger partial charge in [0.1, 0.15) is 11.6 Å². The van der Waals surface area contributed by atoms with Crippen LogP contribution in [0.5, 0.6) is 5.75 Å². The molecule has 5 heteroatoms. The normalized spacial score (nSPS) is 10.5. The molecule has 40 heavy (non-hydrogen) atoms. The van der Waals surface area contributed by atoms with E-state index in [9.17, 15) is 5.11 Å². The Morgan fingerprint density at radius 2 is 1.38 bits per heavy atom. The molecule has 0 unspecified atom stereocenters. The molecule has 0 saturated heterocycles. The summed E-state index contributed by atoms with van der Waals surface area (Å²) in [5, 5.41) is 10.9. The summed E-state index contributed by atoms with van der Waals surface area (Å²) in [7, 11) is 0. The van der Waals surface area contributed by atoms with E-state index in [0.717, 1.165) is 40.4 Å². The molecule has 4 nitrogen and oxygen atoms in total. The molecule has 2 heterocycles. The van der Waals surface area contributed by atoms with Gasteiger partial charge >= 0.3 is 0 Å². The van der Waals surface area contributed by atoms with E-state index in [1.807, 2.05) is 109 Å². The average Bonchev–Trinajstić information content (AvgIpc) is 2.99. The van der Waals surface area contributed by atoms with Gasteiger partial charge in [-0.1, -0.05) is 72.8 Å². The van der Waals surface area contributed by atoms with Gasteiger partial charge < -0.3 is 10.0 Å². The summed E-state index contributed by atoms with van der Waals surface area (Å²) in [5.74, 6) is 1.02. The van der Waals surface area contributed by atoms with Crippen molar-refractivity contribution in [2.75, 3.05) is 4.90 Å². The molecule has 198 valence electrons. The smallest absolute Gasteiger partial charge is 0.136 e. The molecule has 0 aliphatic rings. The van der Waals surface area contributed by atoms with Crippen molar-refractivity contribution in [2.24, 2.45) is 0 Å². The number of aromatic hydroxyl groups is 1. The molecule has 1 N–H and O–H groups in total. The largest absolute Gasteiger partial charge is 0.507 e. The van der Waals surface area contributed by atoms with E-state index in [0.29, 0.717) is 11.3 Å². The molecule has 0 saturated carbocycles. The minimum absolute atomic E-state index is 0. The van der Waals surface area contributed by atoms with Crippen molar-refractivity contribution in [2.45, 2.75) is 6.42 Å². The molecule has 0 atom stereocenters. The molecule has 0 radical (unpaired) electrons. The fourth-order valence-electron chi connectivity index (χ4n) is 4.66. The third-order valence-electron chi connectivity index (χ3n) is 6.53. The quantitative estimate of drug-likeness (QED) is 0.170. The Kier molecular flexibility index (Phi) is 8.49. The first-order chi connectivity index (χ1) is 19.2. The van der Waals surface area contributed by atoms with Crippen LogP contribution in [0.25, 0.3) is 22.5 Å². The van der Waals surface area contributed by atoms with Gasteiger partial charge in [0.15, 0.2) is 0 Å². The second-order valence-electron chi connectivity index (χ2n) is 9.23. The van der Waals surface area contributed by atoms with Crippen LogP contribution in [0.2, 0.25) is 0 Å². The minimum Gasteiger partial charge on any atom is -0.507 e. The van der Waals surface area contributed by atoms with E-state index >= 15 is 0 Å². The summed E-state index contributed by atoms with van der Waals surface area (Å²) in [4.78, 5) is 11.6. The average molecular weight is 700 g/mol. The number of benzene rings is 4. The van der Waals surface area contributed by atoms with E-state index in [4.69, 9.17) is 4.98 Å². The van der Waals surface area contributed by atoms with Crippen LogP contribution in [0.15, 0.2) is 140 Å². The third kappa shape index (κ3) is 6.03. The monoisotopic (exact) mass is 699 g/mol.